The van der Waals surface area contributed by atoms with E-state index in [2.05, 4.69) is 4.74 Å². The van der Waals surface area contributed by atoms with Gasteiger partial charge in [-0.05, 0) is 12.1 Å². The fraction of sp³-hybridized carbons (Fsp3) is 0.500. The maximum Gasteiger partial charge on any atom is 0.365 e. The third kappa shape index (κ3) is 5.72. The molecule has 6 nitrogen and oxygen atoms in total. The second-order valence-corrected chi connectivity index (χ2v) is 4.37. The summed E-state index contributed by atoms with van der Waals surface area (Å²) in [5.41, 5.74) is 0. The van der Waals surface area contributed by atoms with Crippen molar-refractivity contribution < 1.29 is 46.7 Å². The number of hydrogen-bond donors (Lipinski definition) is 1. The third-order valence-electron chi connectivity index (χ3n) is 2.60. The Bertz CT molecular complexity index is 492. The molecule has 0 radical (unpaired) electrons. The Balaban J connectivity index is 2.58. The lowest BCUT2D eigenvalue weighted by Gasteiger charge is -2.18. The molecule has 0 aliphatic carbocycles. The van der Waals surface area contributed by atoms with Crippen LogP contribution in [0.1, 0.15) is 12.2 Å². The number of carbonyl (C=O) groups excluding carboxylic acids is 2. The summed E-state index contributed by atoms with van der Waals surface area (Å²) in [5.74, 6) is -7.06. The summed E-state index contributed by atoms with van der Waals surface area (Å²) < 4.78 is 58.2. The van der Waals surface area contributed by atoms with Crippen molar-refractivity contribution >= 4 is 11.9 Å². The van der Waals surface area contributed by atoms with Crippen LogP contribution < -0.4 is 10.4 Å². The average Bonchev–Trinajstić information content (AvgIpc) is 2.93. The molecular weight excluding hydrogens is 314 g/mol. The van der Waals surface area contributed by atoms with Crippen LogP contribution in [0.25, 0.3) is 0 Å². The number of nitrogens with two attached hydrogens (primary N) is 1. The maximum absolute atomic E-state index is 12.7. The number of aliphatic carboxylic acids is 1. The van der Waals surface area contributed by atoms with Crippen LogP contribution in [0, 0.1) is 0 Å². The number of furan rings is 1. The van der Waals surface area contributed by atoms with E-state index >= 15 is 0 Å². The van der Waals surface area contributed by atoms with E-state index < -0.39 is 43.4 Å². The number of carboxylic acid groups (broad SMARTS) is 1. The molecule has 1 aromatic heterocycles. The van der Waals surface area contributed by atoms with Crippen molar-refractivity contribution in [1.82, 2.24) is 0 Å². The summed E-state index contributed by atoms with van der Waals surface area (Å²) in [6, 6.07) is 1.69. The monoisotopic (exact) mass is 327 g/mol. The molecule has 0 saturated heterocycles. The van der Waals surface area contributed by atoms with Crippen molar-refractivity contribution in [2.45, 2.75) is 31.4 Å². The first-order chi connectivity index (χ1) is 10.2. The Morgan fingerprint density at radius 2 is 2.09 bits per heavy atom. The molecule has 124 valence electrons. The molecule has 0 spiro atoms. The quantitative estimate of drug-likeness (QED) is 0.478. The minimum atomic E-state index is -4.50. The van der Waals surface area contributed by atoms with Gasteiger partial charge in [-0.3, -0.25) is 0 Å². The second-order valence-electron chi connectivity index (χ2n) is 4.37. The van der Waals surface area contributed by atoms with E-state index in [1.54, 1.807) is 12.1 Å². The van der Waals surface area contributed by atoms with Crippen molar-refractivity contribution in [3.63, 3.8) is 0 Å². The van der Waals surface area contributed by atoms with Gasteiger partial charge in [0.1, 0.15) is 6.54 Å². The first-order valence-electron chi connectivity index (χ1n) is 6.10. The molecule has 0 saturated carbocycles. The minimum absolute atomic E-state index is 0.0330. The first-order valence-corrected chi connectivity index (χ1v) is 6.10. The normalized spacial score (nSPS) is 13.1. The van der Waals surface area contributed by atoms with E-state index in [1.165, 1.54) is 6.26 Å². The number of esters is 1. The molecular formula is C12H13F4NO5. The highest BCUT2D eigenvalue weighted by Crippen LogP contribution is 2.22. The fourth-order valence-electron chi connectivity index (χ4n) is 1.47. The Kier molecular flexibility index (Phi) is 6.35. The lowest BCUT2D eigenvalue weighted by atomic mass is 10.2. The molecule has 1 atom stereocenters. The number of hydrogen-bond acceptors (Lipinski definition) is 5. The first kappa shape index (κ1) is 18.0. The van der Waals surface area contributed by atoms with Gasteiger partial charge in [-0.2, -0.15) is 8.78 Å². The van der Waals surface area contributed by atoms with Gasteiger partial charge >= 0.3 is 18.3 Å². The average molecular weight is 327 g/mol. The van der Waals surface area contributed by atoms with Gasteiger partial charge in [0.05, 0.1) is 12.7 Å². The Labute approximate surface area is 122 Å². The molecule has 0 aliphatic rings. The lowest BCUT2D eigenvalue weighted by molar-refractivity contribution is -0.694. The van der Waals surface area contributed by atoms with Gasteiger partial charge in [0.15, 0.2) is 18.4 Å². The maximum atomic E-state index is 12.7. The number of rotatable bonds is 9. The van der Waals surface area contributed by atoms with Gasteiger partial charge in [-0.1, -0.05) is 0 Å². The second kappa shape index (κ2) is 7.78. The van der Waals surface area contributed by atoms with Crippen molar-refractivity contribution in [1.29, 1.82) is 0 Å². The van der Waals surface area contributed by atoms with Gasteiger partial charge in [0, 0.05) is 5.97 Å². The Morgan fingerprint density at radius 3 is 2.59 bits per heavy atom. The van der Waals surface area contributed by atoms with Crippen LogP contribution in [0.15, 0.2) is 22.8 Å². The summed E-state index contributed by atoms with van der Waals surface area (Å²) in [4.78, 5) is 22.1. The lowest BCUT2D eigenvalue weighted by Crippen LogP contribution is -2.91. The number of alkyl halides is 4. The molecule has 0 bridgehead atoms. The van der Waals surface area contributed by atoms with Crippen molar-refractivity contribution in [2.75, 3.05) is 6.61 Å². The number of carbonyl (C=O) groups is 2. The highest BCUT2D eigenvalue weighted by Gasteiger charge is 2.43. The minimum Gasteiger partial charge on any atom is -0.550 e. The zero-order valence-corrected chi connectivity index (χ0v) is 11.1. The van der Waals surface area contributed by atoms with E-state index in [0.29, 0.717) is 5.76 Å². The molecule has 0 unspecified atom stereocenters. The Hall–Kier alpha value is -2.10. The highest BCUT2D eigenvalue weighted by atomic mass is 19.3. The molecule has 0 amide bonds. The molecule has 1 rings (SSSR count). The van der Waals surface area contributed by atoms with Crippen LogP contribution in [0.2, 0.25) is 0 Å². The van der Waals surface area contributed by atoms with Crippen molar-refractivity contribution in [3.05, 3.63) is 24.2 Å². The van der Waals surface area contributed by atoms with E-state index in [0.717, 1.165) is 5.32 Å². The van der Waals surface area contributed by atoms with Crippen LogP contribution in [0.5, 0.6) is 0 Å². The highest BCUT2D eigenvalue weighted by molar-refractivity contribution is 5.79. The smallest absolute Gasteiger partial charge is 0.365 e. The topological polar surface area (TPSA) is 96.2 Å². The molecule has 1 aromatic rings. The van der Waals surface area contributed by atoms with Gasteiger partial charge in [-0.15, -0.1) is 0 Å². The fourth-order valence-corrected chi connectivity index (χ4v) is 1.47. The number of carboxylic acids is 1. The van der Waals surface area contributed by atoms with Crippen LogP contribution in [0.3, 0.4) is 0 Å². The van der Waals surface area contributed by atoms with Crippen molar-refractivity contribution in [3.8, 4) is 0 Å². The van der Waals surface area contributed by atoms with E-state index in [9.17, 15) is 32.3 Å². The van der Waals surface area contributed by atoms with Gasteiger partial charge < -0.3 is 24.4 Å². The van der Waals surface area contributed by atoms with E-state index in [1.807, 2.05) is 0 Å². The summed E-state index contributed by atoms with van der Waals surface area (Å²) in [5, 5.41) is 11.7. The van der Waals surface area contributed by atoms with Gasteiger partial charge in [0.25, 0.3) is 0 Å². The molecule has 2 N–H and O–H groups in total. The summed E-state index contributed by atoms with van der Waals surface area (Å²) in [7, 11) is 0. The van der Waals surface area contributed by atoms with Crippen LogP contribution in [-0.4, -0.2) is 36.9 Å². The summed E-state index contributed by atoms with van der Waals surface area (Å²) in [6.45, 7) is -1.80. The number of quaternary nitrogens is 1. The predicted octanol–water partition coefficient (Wildman–Crippen LogP) is -0.705. The summed E-state index contributed by atoms with van der Waals surface area (Å²) >= 11 is 0. The van der Waals surface area contributed by atoms with Crippen LogP contribution in [-0.2, 0) is 20.9 Å². The van der Waals surface area contributed by atoms with Crippen molar-refractivity contribution in [2.24, 2.45) is 0 Å². The predicted molar refractivity (Wildman–Crippen MR) is 59.7 cm³/mol. The molecule has 0 aliphatic heterocycles. The third-order valence-corrected chi connectivity index (χ3v) is 2.60. The molecule has 10 heteroatoms. The van der Waals surface area contributed by atoms with Gasteiger partial charge in [0.2, 0.25) is 0 Å². The standard InChI is InChI=1S/C12H13F4NO5/c13-11(14)12(15,16)6-22-10(20)8(4-9(18)19)17-5-7-2-1-3-21-7/h1-3,8,11,17H,4-6H2,(H,18,19)/t8-/m1/s1. The van der Waals surface area contributed by atoms with Crippen LogP contribution in [0.4, 0.5) is 17.6 Å². The van der Waals surface area contributed by atoms with Crippen LogP contribution >= 0.6 is 0 Å². The largest absolute Gasteiger partial charge is 0.550 e. The van der Waals surface area contributed by atoms with Gasteiger partial charge in [-0.25, -0.2) is 13.6 Å². The Morgan fingerprint density at radius 1 is 1.41 bits per heavy atom. The molecule has 22 heavy (non-hydrogen) atoms. The molecule has 0 fully saturated rings. The number of ether oxygens (including phenoxy) is 1. The molecule has 0 aromatic carbocycles. The summed E-state index contributed by atoms with van der Waals surface area (Å²) in [6.07, 6.45) is -3.47. The van der Waals surface area contributed by atoms with E-state index in [4.69, 9.17) is 4.42 Å². The zero-order chi connectivity index (χ0) is 16.8. The number of halogens is 4. The van der Waals surface area contributed by atoms with E-state index in [-0.39, 0.29) is 6.54 Å². The molecule has 1 heterocycles. The SMILES string of the molecule is O=C([O-])C[C@@H]([NH2+]Cc1ccco1)C(=O)OCC(F)(F)C(F)F. The zero-order valence-electron chi connectivity index (χ0n) is 11.1.